The van der Waals surface area contributed by atoms with E-state index in [2.05, 4.69) is 13.8 Å². The molecular weight excluding hydrogens is 399 g/mol. The van der Waals surface area contributed by atoms with Gasteiger partial charge in [0, 0.05) is 13.2 Å². The monoisotopic (exact) mass is 427 g/mol. The van der Waals surface area contributed by atoms with Crippen molar-refractivity contribution in [3.63, 3.8) is 0 Å². The second kappa shape index (κ2) is 13.5. The van der Waals surface area contributed by atoms with Crippen molar-refractivity contribution in [3.8, 4) is 17.2 Å². The van der Waals surface area contributed by atoms with E-state index in [0.717, 1.165) is 13.0 Å². The van der Waals surface area contributed by atoms with Crippen molar-refractivity contribution in [2.75, 3.05) is 13.2 Å². The fourth-order valence-corrected chi connectivity index (χ4v) is 3.49. The zero-order chi connectivity index (χ0) is 21.5. The summed E-state index contributed by atoms with van der Waals surface area (Å²) in [5, 5.41) is 0. The Balaban J connectivity index is 0.000000396. The van der Waals surface area contributed by atoms with Crippen molar-refractivity contribution < 1.29 is 22.9 Å². The topological polar surface area (TPSA) is 54.0 Å². The molecule has 0 spiro atoms. The van der Waals surface area contributed by atoms with Gasteiger partial charge in [-0.3, -0.25) is 0 Å². The zero-order valence-electron chi connectivity index (χ0n) is 17.2. The first-order valence-corrected chi connectivity index (χ1v) is 11.3. The molecule has 30 heavy (non-hydrogen) atoms. The summed E-state index contributed by atoms with van der Waals surface area (Å²) in [7, 11) is -3.89. The minimum Gasteiger partial charge on any atom is -0.386 e. The molecule has 0 heterocycles. The Morgan fingerprint density at radius 3 is 1.37 bits per heavy atom. The van der Waals surface area contributed by atoms with E-state index in [-0.39, 0.29) is 0 Å². The van der Waals surface area contributed by atoms with Gasteiger partial charge in [0.05, 0.1) is 0 Å². The van der Waals surface area contributed by atoms with Crippen molar-refractivity contribution in [1.29, 1.82) is 0 Å². The number of phosphoric acid groups is 1. The Morgan fingerprint density at radius 1 is 0.700 bits per heavy atom. The third-order valence-corrected chi connectivity index (χ3v) is 4.97. The van der Waals surface area contributed by atoms with Gasteiger partial charge in [-0.1, -0.05) is 67.9 Å². The summed E-state index contributed by atoms with van der Waals surface area (Å²) in [6.45, 7) is 7.17. The third kappa shape index (κ3) is 9.17. The summed E-state index contributed by atoms with van der Waals surface area (Å²) in [4.78, 5) is 0. The molecule has 0 N–H and O–H groups in total. The molecule has 0 fully saturated rings. The molecule has 0 atom stereocenters. The SMILES string of the molecule is O=P(Oc1ccccc1)(Oc1ccccc1)Oc1ccccc1.[CH2]COCCCC. The molecule has 0 aliphatic carbocycles. The number of hydrogen-bond acceptors (Lipinski definition) is 5. The van der Waals surface area contributed by atoms with Crippen LogP contribution in [-0.4, -0.2) is 13.2 Å². The summed E-state index contributed by atoms with van der Waals surface area (Å²) in [5.74, 6) is 1.22. The summed E-state index contributed by atoms with van der Waals surface area (Å²) in [6, 6.07) is 26.4. The molecule has 0 bridgehead atoms. The lowest BCUT2D eigenvalue weighted by molar-refractivity contribution is 0.157. The number of rotatable bonds is 10. The maximum atomic E-state index is 13.1. The van der Waals surface area contributed by atoms with E-state index in [9.17, 15) is 4.57 Å². The molecule has 1 radical (unpaired) electrons. The fourth-order valence-electron chi connectivity index (χ4n) is 2.24. The summed E-state index contributed by atoms with van der Waals surface area (Å²) < 4.78 is 34.6. The van der Waals surface area contributed by atoms with Crippen LogP contribution in [0.1, 0.15) is 19.8 Å². The normalized spacial score (nSPS) is 10.5. The van der Waals surface area contributed by atoms with E-state index in [1.54, 1.807) is 72.8 Å². The Hall–Kier alpha value is -2.75. The average molecular weight is 427 g/mol. The predicted octanol–water partition coefficient (Wildman–Crippen LogP) is 6.97. The lowest BCUT2D eigenvalue weighted by Crippen LogP contribution is -2.07. The van der Waals surface area contributed by atoms with Crippen LogP contribution >= 0.6 is 7.82 Å². The average Bonchev–Trinajstić information content (AvgIpc) is 2.76. The highest BCUT2D eigenvalue weighted by molar-refractivity contribution is 7.49. The number of ether oxygens (including phenoxy) is 1. The molecule has 0 saturated heterocycles. The minimum absolute atomic E-state index is 0.405. The lowest BCUT2D eigenvalue weighted by Gasteiger charge is -2.19. The van der Waals surface area contributed by atoms with E-state index in [4.69, 9.17) is 18.3 Å². The van der Waals surface area contributed by atoms with Crippen LogP contribution in [0.5, 0.6) is 17.2 Å². The standard InChI is InChI=1S/C18H15O4P.C6H13O/c19-23(20-16-10-4-1-5-11-16,21-17-12-6-2-7-13-17)22-18-14-8-3-9-15-18;1-3-5-6-7-4-2/h1-15H;2-6H2,1H3. The van der Waals surface area contributed by atoms with Gasteiger partial charge in [-0.05, 0) is 49.7 Å². The zero-order valence-corrected chi connectivity index (χ0v) is 18.1. The molecule has 6 heteroatoms. The Bertz CT molecular complexity index is 744. The van der Waals surface area contributed by atoms with Gasteiger partial charge in [0.1, 0.15) is 17.2 Å². The highest BCUT2D eigenvalue weighted by Crippen LogP contribution is 2.49. The Kier molecular flexibility index (Phi) is 10.6. The molecule has 3 aromatic carbocycles. The number of phosphoric ester groups is 1. The molecule has 3 rings (SSSR count). The van der Waals surface area contributed by atoms with Crippen LogP contribution in [-0.2, 0) is 9.30 Å². The van der Waals surface area contributed by atoms with Crippen LogP contribution in [0.15, 0.2) is 91.0 Å². The molecule has 0 saturated carbocycles. The molecule has 5 nitrogen and oxygen atoms in total. The van der Waals surface area contributed by atoms with E-state index in [0.29, 0.717) is 23.9 Å². The molecule has 0 unspecified atom stereocenters. The maximum absolute atomic E-state index is 13.1. The number of para-hydroxylation sites is 3. The largest absolute Gasteiger partial charge is 0.647 e. The second-order valence-corrected chi connectivity index (χ2v) is 7.57. The highest BCUT2D eigenvalue weighted by atomic mass is 31.2. The maximum Gasteiger partial charge on any atom is 0.647 e. The fraction of sp³-hybridized carbons (Fsp3) is 0.208. The van der Waals surface area contributed by atoms with Gasteiger partial charge >= 0.3 is 7.82 Å². The first-order valence-electron chi connectivity index (χ1n) is 9.86. The number of hydrogen-bond donors (Lipinski definition) is 0. The number of benzene rings is 3. The van der Waals surface area contributed by atoms with Crippen molar-refractivity contribution in [2.24, 2.45) is 0 Å². The lowest BCUT2D eigenvalue weighted by atomic mass is 10.3. The summed E-state index contributed by atoms with van der Waals surface area (Å²) in [5.41, 5.74) is 0. The molecular formula is C24H28O5P. The molecule has 0 aliphatic rings. The smallest absolute Gasteiger partial charge is 0.386 e. The predicted molar refractivity (Wildman–Crippen MR) is 120 cm³/mol. The second-order valence-electron chi connectivity index (χ2n) is 6.13. The first-order chi connectivity index (χ1) is 14.6. The van der Waals surface area contributed by atoms with Crippen molar-refractivity contribution in [3.05, 3.63) is 97.9 Å². The van der Waals surface area contributed by atoms with Gasteiger partial charge in [-0.15, -0.1) is 0 Å². The molecule has 0 amide bonds. The van der Waals surface area contributed by atoms with Gasteiger partial charge in [0.2, 0.25) is 0 Å². The minimum atomic E-state index is -3.89. The molecule has 3 aromatic rings. The van der Waals surface area contributed by atoms with Crippen LogP contribution in [0.25, 0.3) is 0 Å². The quantitative estimate of drug-likeness (QED) is 0.258. The third-order valence-electron chi connectivity index (χ3n) is 3.67. The van der Waals surface area contributed by atoms with Crippen LogP contribution in [0.2, 0.25) is 0 Å². The van der Waals surface area contributed by atoms with Crippen molar-refractivity contribution >= 4 is 7.82 Å². The summed E-state index contributed by atoms with van der Waals surface area (Å²) >= 11 is 0. The Labute approximate surface area is 179 Å². The van der Waals surface area contributed by atoms with Crippen molar-refractivity contribution in [2.45, 2.75) is 19.8 Å². The van der Waals surface area contributed by atoms with Crippen LogP contribution < -0.4 is 13.6 Å². The van der Waals surface area contributed by atoms with E-state index in [1.165, 1.54) is 6.42 Å². The van der Waals surface area contributed by atoms with E-state index in [1.807, 2.05) is 18.2 Å². The van der Waals surface area contributed by atoms with Crippen LogP contribution in [0.3, 0.4) is 0 Å². The van der Waals surface area contributed by atoms with E-state index >= 15 is 0 Å². The molecule has 0 aliphatic heterocycles. The van der Waals surface area contributed by atoms with Crippen LogP contribution in [0.4, 0.5) is 0 Å². The van der Waals surface area contributed by atoms with E-state index < -0.39 is 7.82 Å². The summed E-state index contributed by atoms with van der Waals surface area (Å²) in [6.07, 6.45) is 2.37. The number of unbranched alkanes of at least 4 members (excludes halogenated alkanes) is 1. The first kappa shape index (κ1) is 23.5. The van der Waals surface area contributed by atoms with Gasteiger partial charge < -0.3 is 18.3 Å². The van der Waals surface area contributed by atoms with Gasteiger partial charge in [-0.2, -0.15) is 4.57 Å². The molecule has 159 valence electrons. The Morgan fingerprint density at radius 2 is 1.07 bits per heavy atom. The van der Waals surface area contributed by atoms with Crippen LogP contribution in [0, 0.1) is 6.92 Å². The van der Waals surface area contributed by atoms with Gasteiger partial charge in [-0.25, -0.2) is 0 Å². The van der Waals surface area contributed by atoms with Gasteiger partial charge in [0.25, 0.3) is 0 Å². The molecule has 0 aromatic heterocycles. The van der Waals surface area contributed by atoms with Gasteiger partial charge in [0.15, 0.2) is 0 Å². The highest BCUT2D eigenvalue weighted by Gasteiger charge is 2.33. The van der Waals surface area contributed by atoms with Crippen molar-refractivity contribution in [1.82, 2.24) is 0 Å².